The molecular weight excluding hydrogens is 242 g/mol. The molecule has 0 saturated carbocycles. The molecule has 1 rings (SSSR count). The van der Waals surface area contributed by atoms with Gasteiger partial charge in [-0.1, -0.05) is 19.9 Å². The number of urea groups is 1. The van der Waals surface area contributed by atoms with Gasteiger partial charge in [-0.2, -0.15) is 0 Å². The zero-order chi connectivity index (χ0) is 14.3. The van der Waals surface area contributed by atoms with Gasteiger partial charge in [-0.05, 0) is 24.8 Å². The molecule has 5 nitrogen and oxygen atoms in total. The lowest BCUT2D eigenvalue weighted by Crippen LogP contribution is -2.37. The van der Waals surface area contributed by atoms with Crippen molar-refractivity contribution in [2.45, 2.75) is 33.2 Å². The van der Waals surface area contributed by atoms with Gasteiger partial charge in [0.1, 0.15) is 0 Å². The van der Waals surface area contributed by atoms with Crippen LogP contribution in [0, 0.1) is 5.92 Å². The Balaban J connectivity index is 2.34. The molecule has 0 bridgehead atoms. The smallest absolute Gasteiger partial charge is 0.317 e. The SMILES string of the molecule is CC(C)CCCNC(=O)N(C)Cc1cccc(=O)[nH]1. The van der Waals surface area contributed by atoms with Crippen molar-refractivity contribution in [3.63, 3.8) is 0 Å². The summed E-state index contributed by atoms with van der Waals surface area (Å²) in [6, 6.07) is 4.82. The molecule has 0 unspecified atom stereocenters. The molecule has 0 aliphatic carbocycles. The predicted octanol–water partition coefficient (Wildman–Crippen LogP) is 1.95. The zero-order valence-electron chi connectivity index (χ0n) is 11.9. The summed E-state index contributed by atoms with van der Waals surface area (Å²) in [6.45, 7) is 5.41. The zero-order valence-corrected chi connectivity index (χ0v) is 11.9. The van der Waals surface area contributed by atoms with E-state index in [-0.39, 0.29) is 11.6 Å². The average molecular weight is 265 g/mol. The van der Waals surface area contributed by atoms with Crippen molar-refractivity contribution in [1.82, 2.24) is 15.2 Å². The number of carbonyl (C=O) groups excluding carboxylic acids is 1. The molecule has 0 aliphatic rings. The van der Waals surface area contributed by atoms with Crippen LogP contribution in [0.2, 0.25) is 0 Å². The summed E-state index contributed by atoms with van der Waals surface area (Å²) in [5, 5.41) is 2.87. The number of aromatic amines is 1. The van der Waals surface area contributed by atoms with Crippen LogP contribution in [0.4, 0.5) is 4.79 Å². The molecule has 0 aromatic carbocycles. The molecule has 0 atom stereocenters. The second-order valence-electron chi connectivity index (χ2n) is 5.16. The average Bonchev–Trinajstić information content (AvgIpc) is 2.34. The third kappa shape index (κ3) is 6.08. The number of aromatic nitrogens is 1. The van der Waals surface area contributed by atoms with Crippen molar-refractivity contribution in [2.24, 2.45) is 5.92 Å². The summed E-state index contributed by atoms with van der Waals surface area (Å²) in [5.41, 5.74) is 0.579. The molecule has 0 radical (unpaired) electrons. The minimum absolute atomic E-state index is 0.117. The first-order valence-electron chi connectivity index (χ1n) is 6.66. The molecule has 5 heteroatoms. The standard InChI is InChI=1S/C14H23N3O2/c1-11(2)6-5-9-15-14(19)17(3)10-12-7-4-8-13(18)16-12/h4,7-8,11H,5-6,9-10H2,1-3H3,(H,15,19)(H,16,18). The van der Waals surface area contributed by atoms with Gasteiger partial charge >= 0.3 is 6.03 Å². The fraction of sp³-hybridized carbons (Fsp3) is 0.571. The van der Waals surface area contributed by atoms with Crippen LogP contribution in [0.1, 0.15) is 32.4 Å². The van der Waals surface area contributed by atoms with E-state index in [0.717, 1.165) is 18.5 Å². The van der Waals surface area contributed by atoms with E-state index in [4.69, 9.17) is 0 Å². The highest BCUT2D eigenvalue weighted by molar-refractivity contribution is 5.73. The maximum Gasteiger partial charge on any atom is 0.317 e. The highest BCUT2D eigenvalue weighted by Crippen LogP contribution is 2.02. The summed E-state index contributed by atoms with van der Waals surface area (Å²) < 4.78 is 0. The van der Waals surface area contributed by atoms with Crippen LogP contribution >= 0.6 is 0 Å². The van der Waals surface area contributed by atoms with Gasteiger partial charge in [-0.25, -0.2) is 4.79 Å². The number of hydrogen-bond donors (Lipinski definition) is 2. The van der Waals surface area contributed by atoms with E-state index in [1.165, 1.54) is 6.07 Å². The molecule has 1 aromatic rings. The molecule has 2 N–H and O–H groups in total. The number of carbonyl (C=O) groups is 1. The summed E-state index contributed by atoms with van der Waals surface area (Å²) in [7, 11) is 1.71. The fourth-order valence-electron chi connectivity index (χ4n) is 1.75. The molecule has 1 heterocycles. The summed E-state index contributed by atoms with van der Waals surface area (Å²) in [4.78, 5) is 27.2. The Kier molecular flexibility index (Phi) is 6.12. The molecule has 106 valence electrons. The summed E-state index contributed by atoms with van der Waals surface area (Å²) in [6.07, 6.45) is 2.09. The van der Waals surface area contributed by atoms with Crippen LogP contribution < -0.4 is 10.9 Å². The van der Waals surface area contributed by atoms with Crippen LogP contribution in [0.5, 0.6) is 0 Å². The molecule has 2 amide bonds. The van der Waals surface area contributed by atoms with E-state index in [9.17, 15) is 9.59 Å². The van der Waals surface area contributed by atoms with Gasteiger partial charge in [-0.15, -0.1) is 0 Å². The van der Waals surface area contributed by atoms with Gasteiger partial charge < -0.3 is 15.2 Å². The fourth-order valence-corrected chi connectivity index (χ4v) is 1.75. The van der Waals surface area contributed by atoms with Gasteiger partial charge in [0, 0.05) is 25.4 Å². The second-order valence-corrected chi connectivity index (χ2v) is 5.16. The molecule has 0 spiro atoms. The van der Waals surface area contributed by atoms with E-state index >= 15 is 0 Å². The van der Waals surface area contributed by atoms with E-state index < -0.39 is 0 Å². The van der Waals surface area contributed by atoms with Gasteiger partial charge in [0.25, 0.3) is 0 Å². The summed E-state index contributed by atoms with van der Waals surface area (Å²) >= 11 is 0. The molecule has 0 saturated heterocycles. The lowest BCUT2D eigenvalue weighted by atomic mass is 10.1. The number of nitrogens with zero attached hydrogens (tertiary/aromatic N) is 1. The highest BCUT2D eigenvalue weighted by Gasteiger charge is 2.08. The van der Waals surface area contributed by atoms with Crippen molar-refractivity contribution >= 4 is 6.03 Å². The van der Waals surface area contributed by atoms with Crippen LogP contribution in [0.25, 0.3) is 0 Å². The van der Waals surface area contributed by atoms with Crippen molar-refractivity contribution in [3.8, 4) is 0 Å². The third-order valence-electron chi connectivity index (χ3n) is 2.82. The van der Waals surface area contributed by atoms with Crippen molar-refractivity contribution < 1.29 is 4.79 Å². The Hall–Kier alpha value is -1.78. The monoisotopic (exact) mass is 265 g/mol. The van der Waals surface area contributed by atoms with E-state index in [1.807, 2.05) is 0 Å². The van der Waals surface area contributed by atoms with Gasteiger partial charge in [0.15, 0.2) is 0 Å². The van der Waals surface area contributed by atoms with Crippen LogP contribution in [0.3, 0.4) is 0 Å². The van der Waals surface area contributed by atoms with Crippen LogP contribution in [-0.2, 0) is 6.54 Å². The van der Waals surface area contributed by atoms with Gasteiger partial charge in [0.05, 0.1) is 6.54 Å². The number of pyridine rings is 1. The third-order valence-corrected chi connectivity index (χ3v) is 2.82. The first-order valence-corrected chi connectivity index (χ1v) is 6.66. The van der Waals surface area contributed by atoms with E-state index in [0.29, 0.717) is 19.0 Å². The molecule has 19 heavy (non-hydrogen) atoms. The number of hydrogen-bond acceptors (Lipinski definition) is 2. The van der Waals surface area contributed by atoms with E-state index in [2.05, 4.69) is 24.1 Å². The number of H-pyrrole nitrogens is 1. The van der Waals surface area contributed by atoms with E-state index in [1.54, 1.807) is 24.1 Å². The van der Waals surface area contributed by atoms with Crippen molar-refractivity contribution in [1.29, 1.82) is 0 Å². The Bertz CT molecular complexity index is 454. The van der Waals surface area contributed by atoms with Crippen LogP contribution in [-0.4, -0.2) is 29.5 Å². The number of nitrogens with one attached hydrogen (secondary N) is 2. The number of amides is 2. The normalized spacial score (nSPS) is 10.5. The Morgan fingerprint density at radius 1 is 1.42 bits per heavy atom. The first kappa shape index (κ1) is 15.3. The van der Waals surface area contributed by atoms with Crippen LogP contribution in [0.15, 0.2) is 23.0 Å². The largest absolute Gasteiger partial charge is 0.338 e. The Morgan fingerprint density at radius 2 is 2.16 bits per heavy atom. The topological polar surface area (TPSA) is 65.2 Å². The quantitative estimate of drug-likeness (QED) is 0.772. The minimum Gasteiger partial charge on any atom is -0.338 e. The lowest BCUT2D eigenvalue weighted by molar-refractivity contribution is 0.206. The maximum atomic E-state index is 11.8. The van der Waals surface area contributed by atoms with Crippen molar-refractivity contribution in [3.05, 3.63) is 34.2 Å². The van der Waals surface area contributed by atoms with Gasteiger partial charge in [-0.3, -0.25) is 4.79 Å². The highest BCUT2D eigenvalue weighted by atomic mass is 16.2. The Labute approximate surface area is 114 Å². The first-order chi connectivity index (χ1) is 8.99. The predicted molar refractivity (Wildman–Crippen MR) is 76.0 cm³/mol. The van der Waals surface area contributed by atoms with Crippen molar-refractivity contribution in [2.75, 3.05) is 13.6 Å². The second kappa shape index (κ2) is 7.61. The molecule has 0 fully saturated rings. The lowest BCUT2D eigenvalue weighted by Gasteiger charge is -2.18. The minimum atomic E-state index is -0.150. The number of rotatable bonds is 6. The molecule has 0 aliphatic heterocycles. The maximum absolute atomic E-state index is 11.8. The van der Waals surface area contributed by atoms with Gasteiger partial charge in [0.2, 0.25) is 5.56 Å². The molecule has 1 aromatic heterocycles. The molecular formula is C14H23N3O2. The summed E-state index contributed by atoms with van der Waals surface area (Å²) in [5.74, 6) is 0.657. The Morgan fingerprint density at radius 3 is 2.79 bits per heavy atom.